The van der Waals surface area contributed by atoms with Crippen molar-refractivity contribution in [3.8, 4) is 0 Å². The second-order valence-electron chi connectivity index (χ2n) is 4.26. The summed E-state index contributed by atoms with van der Waals surface area (Å²) >= 11 is 1.36. The predicted octanol–water partition coefficient (Wildman–Crippen LogP) is 1.54. The number of carbonyl (C=O) groups is 2. The molecule has 18 heavy (non-hydrogen) atoms. The van der Waals surface area contributed by atoms with Crippen LogP contribution >= 0.6 is 11.8 Å². The summed E-state index contributed by atoms with van der Waals surface area (Å²) < 4.78 is 0. The van der Waals surface area contributed by atoms with Gasteiger partial charge in [0.25, 0.3) is 5.91 Å². The fourth-order valence-electron chi connectivity index (χ4n) is 1.93. The number of rotatable bonds is 4. The molecule has 96 valence electrons. The van der Waals surface area contributed by atoms with Crippen molar-refractivity contribution >= 4 is 23.6 Å². The molecule has 2 rings (SSSR count). The lowest BCUT2D eigenvalue weighted by Crippen LogP contribution is -2.59. The van der Waals surface area contributed by atoms with Crippen LogP contribution in [-0.2, 0) is 4.79 Å². The van der Waals surface area contributed by atoms with E-state index in [-0.39, 0.29) is 5.91 Å². The van der Waals surface area contributed by atoms with Crippen LogP contribution in [0.3, 0.4) is 0 Å². The van der Waals surface area contributed by atoms with Crippen LogP contribution < -0.4 is 5.32 Å². The van der Waals surface area contributed by atoms with Crippen LogP contribution in [0.25, 0.3) is 0 Å². The van der Waals surface area contributed by atoms with Gasteiger partial charge in [-0.1, -0.05) is 0 Å². The Labute approximate surface area is 109 Å². The number of carbonyl (C=O) groups excluding carboxylic acids is 1. The molecule has 2 N–H and O–H groups in total. The normalized spacial score (nSPS) is 16.7. The SMILES string of the molecule is CSc1ncccc1C(=O)NC1(C(=O)O)CCC1. The van der Waals surface area contributed by atoms with Crippen LogP contribution in [0.1, 0.15) is 29.6 Å². The predicted molar refractivity (Wildman–Crippen MR) is 67.7 cm³/mol. The first kappa shape index (κ1) is 12.9. The Bertz CT molecular complexity index is 486. The molecule has 0 bridgehead atoms. The summed E-state index contributed by atoms with van der Waals surface area (Å²) in [7, 11) is 0. The minimum atomic E-state index is -1.08. The minimum absolute atomic E-state index is 0.366. The van der Waals surface area contributed by atoms with Gasteiger partial charge in [-0.15, -0.1) is 11.8 Å². The smallest absolute Gasteiger partial charge is 0.329 e. The highest BCUT2D eigenvalue weighted by Gasteiger charge is 2.45. The third kappa shape index (κ3) is 2.20. The van der Waals surface area contributed by atoms with Gasteiger partial charge in [-0.2, -0.15) is 0 Å². The molecule has 0 radical (unpaired) electrons. The summed E-state index contributed by atoms with van der Waals surface area (Å²) in [5.41, 5.74) is -0.652. The first-order valence-corrected chi connectivity index (χ1v) is 6.86. The van der Waals surface area contributed by atoms with E-state index in [0.29, 0.717) is 23.4 Å². The lowest BCUT2D eigenvalue weighted by atomic mass is 9.76. The van der Waals surface area contributed by atoms with Crippen molar-refractivity contribution in [1.82, 2.24) is 10.3 Å². The number of hydrogen-bond acceptors (Lipinski definition) is 4. The maximum atomic E-state index is 12.1. The highest BCUT2D eigenvalue weighted by molar-refractivity contribution is 7.98. The quantitative estimate of drug-likeness (QED) is 0.808. The molecule has 0 aliphatic heterocycles. The average molecular weight is 266 g/mol. The van der Waals surface area contributed by atoms with Crippen molar-refractivity contribution in [2.24, 2.45) is 0 Å². The van der Waals surface area contributed by atoms with E-state index < -0.39 is 11.5 Å². The van der Waals surface area contributed by atoms with Gasteiger partial charge in [-0.05, 0) is 37.7 Å². The molecule has 0 aromatic carbocycles. The van der Waals surface area contributed by atoms with Gasteiger partial charge in [-0.3, -0.25) is 4.79 Å². The van der Waals surface area contributed by atoms with E-state index in [1.54, 1.807) is 18.3 Å². The molecule has 1 heterocycles. The molecule has 0 saturated heterocycles. The van der Waals surface area contributed by atoms with Crippen molar-refractivity contribution in [2.45, 2.75) is 29.8 Å². The molecule has 6 heteroatoms. The summed E-state index contributed by atoms with van der Waals surface area (Å²) in [4.78, 5) is 27.4. The zero-order valence-corrected chi connectivity index (χ0v) is 10.8. The Morgan fingerprint density at radius 3 is 2.72 bits per heavy atom. The first-order chi connectivity index (χ1) is 8.59. The lowest BCUT2D eigenvalue weighted by Gasteiger charge is -2.38. The van der Waals surface area contributed by atoms with Gasteiger partial charge >= 0.3 is 5.97 Å². The number of nitrogens with zero attached hydrogens (tertiary/aromatic N) is 1. The Morgan fingerprint density at radius 1 is 1.50 bits per heavy atom. The standard InChI is InChI=1S/C12H14N2O3S/c1-18-10-8(4-2-7-13-10)9(15)14-12(11(16)17)5-3-6-12/h2,4,7H,3,5-6H2,1H3,(H,14,15)(H,16,17). The molecular formula is C12H14N2O3S. The summed E-state index contributed by atoms with van der Waals surface area (Å²) in [5.74, 6) is -1.33. The third-order valence-electron chi connectivity index (χ3n) is 3.18. The van der Waals surface area contributed by atoms with Crippen molar-refractivity contribution < 1.29 is 14.7 Å². The van der Waals surface area contributed by atoms with Crippen LogP contribution in [0.15, 0.2) is 23.4 Å². The Morgan fingerprint density at radius 2 is 2.22 bits per heavy atom. The number of aromatic nitrogens is 1. The van der Waals surface area contributed by atoms with Crippen molar-refractivity contribution in [3.05, 3.63) is 23.9 Å². The van der Waals surface area contributed by atoms with E-state index >= 15 is 0 Å². The number of nitrogens with one attached hydrogen (secondary N) is 1. The molecule has 1 aromatic rings. The highest BCUT2D eigenvalue weighted by Crippen LogP contribution is 2.32. The van der Waals surface area contributed by atoms with E-state index in [1.807, 2.05) is 6.26 Å². The molecule has 1 fully saturated rings. The number of aliphatic carboxylic acids is 1. The number of thioether (sulfide) groups is 1. The van der Waals surface area contributed by atoms with Gasteiger partial charge in [-0.25, -0.2) is 9.78 Å². The summed E-state index contributed by atoms with van der Waals surface area (Å²) in [6.07, 6.45) is 5.25. The fraction of sp³-hybridized carbons (Fsp3) is 0.417. The zero-order chi connectivity index (χ0) is 13.2. The Balaban J connectivity index is 2.19. The molecule has 1 amide bonds. The van der Waals surface area contributed by atoms with E-state index in [2.05, 4.69) is 10.3 Å². The maximum absolute atomic E-state index is 12.1. The number of hydrogen-bond donors (Lipinski definition) is 2. The Kier molecular flexibility index (Phi) is 3.56. The number of amides is 1. The van der Waals surface area contributed by atoms with E-state index in [1.165, 1.54) is 11.8 Å². The molecule has 1 aliphatic rings. The third-order valence-corrected chi connectivity index (χ3v) is 3.89. The van der Waals surface area contributed by atoms with E-state index in [4.69, 9.17) is 0 Å². The van der Waals surface area contributed by atoms with Crippen LogP contribution in [0.4, 0.5) is 0 Å². The molecule has 1 aliphatic carbocycles. The molecule has 0 spiro atoms. The molecule has 1 saturated carbocycles. The van der Waals surface area contributed by atoms with Crippen molar-refractivity contribution in [1.29, 1.82) is 0 Å². The monoisotopic (exact) mass is 266 g/mol. The minimum Gasteiger partial charge on any atom is -0.480 e. The van der Waals surface area contributed by atoms with Gasteiger partial charge in [0.15, 0.2) is 0 Å². The lowest BCUT2D eigenvalue weighted by molar-refractivity contribution is -0.148. The Hall–Kier alpha value is -1.56. The van der Waals surface area contributed by atoms with Crippen molar-refractivity contribution in [3.63, 3.8) is 0 Å². The molecule has 5 nitrogen and oxygen atoms in total. The zero-order valence-electron chi connectivity index (χ0n) is 9.97. The number of pyridine rings is 1. The van der Waals surface area contributed by atoms with Gasteiger partial charge in [0, 0.05) is 6.20 Å². The van der Waals surface area contributed by atoms with Gasteiger partial charge in [0.1, 0.15) is 10.6 Å². The molecular weight excluding hydrogens is 252 g/mol. The van der Waals surface area contributed by atoms with E-state index in [9.17, 15) is 14.7 Å². The molecule has 0 atom stereocenters. The van der Waals surface area contributed by atoms with Crippen molar-refractivity contribution in [2.75, 3.05) is 6.26 Å². The number of carboxylic acids is 1. The van der Waals surface area contributed by atoms with E-state index in [0.717, 1.165) is 6.42 Å². The summed E-state index contributed by atoms with van der Waals surface area (Å²) in [6.45, 7) is 0. The van der Waals surface area contributed by atoms with Crippen LogP contribution in [0.5, 0.6) is 0 Å². The largest absolute Gasteiger partial charge is 0.480 e. The average Bonchev–Trinajstić information content (AvgIpc) is 2.33. The van der Waals surface area contributed by atoms with Gasteiger partial charge in [0.2, 0.25) is 0 Å². The van der Waals surface area contributed by atoms with Gasteiger partial charge in [0.05, 0.1) is 5.56 Å². The summed E-state index contributed by atoms with van der Waals surface area (Å²) in [5, 5.41) is 12.4. The van der Waals surface area contributed by atoms with Crippen LogP contribution in [0.2, 0.25) is 0 Å². The van der Waals surface area contributed by atoms with Crippen LogP contribution in [-0.4, -0.2) is 33.8 Å². The first-order valence-electron chi connectivity index (χ1n) is 5.64. The number of carboxylic acid groups (broad SMARTS) is 1. The highest BCUT2D eigenvalue weighted by atomic mass is 32.2. The topological polar surface area (TPSA) is 79.3 Å². The summed E-state index contributed by atoms with van der Waals surface area (Å²) in [6, 6.07) is 3.32. The maximum Gasteiger partial charge on any atom is 0.329 e. The van der Waals surface area contributed by atoms with Crippen LogP contribution in [0, 0.1) is 0 Å². The molecule has 1 aromatic heterocycles. The second-order valence-corrected chi connectivity index (χ2v) is 5.05. The fourth-order valence-corrected chi connectivity index (χ4v) is 2.48. The molecule has 0 unspecified atom stereocenters. The second kappa shape index (κ2) is 4.97. The van der Waals surface area contributed by atoms with Gasteiger partial charge < -0.3 is 10.4 Å².